The lowest BCUT2D eigenvalue weighted by Crippen LogP contribution is -2.26. The fraction of sp³-hybridized carbons (Fsp3) is 0.344. The van der Waals surface area contributed by atoms with Gasteiger partial charge in [-0.05, 0) is 104 Å². The Morgan fingerprint density at radius 1 is 0.534 bits per heavy atom. The summed E-state index contributed by atoms with van der Waals surface area (Å²) in [5.74, 6) is -3.78. The maximum Gasteiger partial charge on any atom is 0.343 e. The molecule has 88 heavy (non-hydrogen) atoms. The molecule has 2 atom stereocenters. The number of hydrazone groups is 1. The number of hydrogen-bond acceptors (Lipinski definition) is 24. The normalized spacial score (nSPS) is 11.5. The standard InChI is InChI=1S/C64H71N3O20S/c1-5-56(68)80-34-13-11-32-76-43-51(85-60(72)30-39-82-58(70)7-3)28-37-78-49-22-18-46(19-23-49)62(74)84-36-27-45-17-26-54(48(41-45)42-65-67-64-66-53-15-9-10-16-55(53)88-64)87-63(75)47-20-24-50(25-21-47)79-38-29-52(86-61(73)31-40-83-59(71)8-4)44-77-33-12-14-35-81-57(69)6-2/h5-10,15-26,41-42,51-52H,1-4,11-14,27-40,43-44H2,(H,66,67)/b65-42+. The molecule has 24 heteroatoms. The second-order valence-electron chi connectivity index (χ2n) is 18.6. The minimum Gasteiger partial charge on any atom is -0.493 e. The maximum absolute atomic E-state index is 13.6. The van der Waals surface area contributed by atoms with Crippen LogP contribution < -0.4 is 19.6 Å². The van der Waals surface area contributed by atoms with Crippen LogP contribution in [0.4, 0.5) is 5.13 Å². The number of benzene rings is 4. The molecule has 0 aliphatic carbocycles. The van der Waals surface area contributed by atoms with Crippen molar-refractivity contribution < 1.29 is 95.2 Å². The predicted octanol–water partition coefficient (Wildman–Crippen LogP) is 9.01. The topological polar surface area (TPSA) is 285 Å². The first-order chi connectivity index (χ1) is 42.7. The number of nitrogens with one attached hydrogen (secondary N) is 1. The molecule has 23 nitrogen and oxygen atoms in total. The van der Waals surface area contributed by atoms with Crippen LogP contribution in [0.15, 0.2) is 147 Å². The summed E-state index contributed by atoms with van der Waals surface area (Å²) in [5.41, 5.74) is 5.39. The number of nitrogens with zero attached hydrogens (tertiary/aromatic N) is 2. The van der Waals surface area contributed by atoms with E-state index in [4.69, 9.17) is 56.8 Å². The van der Waals surface area contributed by atoms with Crippen LogP contribution in [0.2, 0.25) is 0 Å². The van der Waals surface area contributed by atoms with E-state index >= 15 is 0 Å². The summed E-state index contributed by atoms with van der Waals surface area (Å²) in [6.07, 6.45) is 6.90. The zero-order valence-corrected chi connectivity index (χ0v) is 49.5. The van der Waals surface area contributed by atoms with Gasteiger partial charge in [0.15, 0.2) is 0 Å². The Morgan fingerprint density at radius 3 is 1.53 bits per heavy atom. The van der Waals surface area contributed by atoms with Gasteiger partial charge in [-0.1, -0.05) is 55.9 Å². The second kappa shape index (κ2) is 40.0. The number of ether oxygens (including phenoxy) is 12. The molecule has 468 valence electrons. The third-order valence-corrected chi connectivity index (χ3v) is 12.9. The van der Waals surface area contributed by atoms with Crippen molar-refractivity contribution in [3.05, 3.63) is 164 Å². The highest BCUT2D eigenvalue weighted by molar-refractivity contribution is 7.22. The van der Waals surface area contributed by atoms with Gasteiger partial charge in [-0.15, -0.1) is 0 Å². The SMILES string of the molecule is C=CC(=O)OCCCCOCC(CCOc1ccc(C(=O)OCCc2ccc(OC(=O)c3ccc(OCCC(COCCCCOC(=O)C=C)OC(=O)CCOC(=O)C=C)cc3)c(/C=N/Nc3nc4ccccc4s3)c2)cc1)OC(=O)CCOC(=O)C=C. The lowest BCUT2D eigenvalue weighted by atomic mass is 10.1. The molecule has 1 aromatic heterocycles. The van der Waals surface area contributed by atoms with Gasteiger partial charge in [-0.2, -0.15) is 5.10 Å². The number of hydrogen-bond donors (Lipinski definition) is 1. The van der Waals surface area contributed by atoms with E-state index in [9.17, 15) is 38.4 Å². The number of carbonyl (C=O) groups is 8. The molecule has 4 aromatic carbocycles. The first-order valence-corrected chi connectivity index (χ1v) is 28.9. The van der Waals surface area contributed by atoms with Gasteiger partial charge in [0, 0.05) is 62.3 Å². The van der Waals surface area contributed by atoms with Gasteiger partial charge < -0.3 is 56.8 Å². The minimum atomic E-state index is -0.712. The monoisotopic (exact) mass is 1230 g/mol. The summed E-state index contributed by atoms with van der Waals surface area (Å²) in [5, 5.41) is 4.94. The molecular formula is C64H71N3O20S. The fourth-order valence-corrected chi connectivity index (χ4v) is 8.27. The molecule has 2 unspecified atom stereocenters. The van der Waals surface area contributed by atoms with E-state index in [2.05, 4.69) is 41.8 Å². The van der Waals surface area contributed by atoms with Gasteiger partial charge in [0.05, 0.1) is 86.6 Å². The number of fused-ring (bicyclic) bond motifs is 1. The lowest BCUT2D eigenvalue weighted by molar-refractivity contribution is -0.156. The third-order valence-electron chi connectivity index (χ3n) is 12.0. The Kier molecular flexibility index (Phi) is 31.5. The summed E-state index contributed by atoms with van der Waals surface area (Å²) in [4.78, 5) is 102. The number of anilines is 1. The Balaban J connectivity index is 1.14. The fourth-order valence-electron chi connectivity index (χ4n) is 7.45. The van der Waals surface area contributed by atoms with Crippen molar-refractivity contribution in [2.75, 3.05) is 78.1 Å². The number of aromatic nitrogens is 1. The predicted molar refractivity (Wildman–Crippen MR) is 323 cm³/mol. The summed E-state index contributed by atoms with van der Waals surface area (Å²) in [6, 6.07) is 25.3. The van der Waals surface area contributed by atoms with Crippen LogP contribution in [0.3, 0.4) is 0 Å². The Morgan fingerprint density at radius 2 is 1.02 bits per heavy atom. The molecule has 0 bridgehead atoms. The van der Waals surface area contributed by atoms with Crippen LogP contribution in [0.25, 0.3) is 10.2 Å². The largest absolute Gasteiger partial charge is 0.493 e. The molecule has 0 aliphatic heterocycles. The number of para-hydroxylation sites is 1. The first-order valence-electron chi connectivity index (χ1n) is 28.1. The highest BCUT2D eigenvalue weighted by Gasteiger charge is 2.20. The van der Waals surface area contributed by atoms with Crippen LogP contribution in [-0.4, -0.2) is 144 Å². The minimum absolute atomic E-state index is 0.000597. The molecule has 5 rings (SSSR count). The molecule has 1 N–H and O–H groups in total. The smallest absolute Gasteiger partial charge is 0.343 e. The molecule has 0 saturated heterocycles. The molecule has 0 fully saturated rings. The Labute approximate surface area is 513 Å². The van der Waals surface area contributed by atoms with Crippen molar-refractivity contribution in [3.8, 4) is 17.2 Å². The number of carbonyl (C=O) groups excluding carboxylic acids is 8. The zero-order chi connectivity index (χ0) is 63.1. The maximum atomic E-state index is 13.6. The third kappa shape index (κ3) is 27.2. The van der Waals surface area contributed by atoms with E-state index in [1.54, 1.807) is 54.6 Å². The van der Waals surface area contributed by atoms with Crippen molar-refractivity contribution in [1.29, 1.82) is 0 Å². The van der Waals surface area contributed by atoms with E-state index in [1.165, 1.54) is 29.7 Å². The lowest BCUT2D eigenvalue weighted by Gasteiger charge is -2.18. The molecule has 0 radical (unpaired) electrons. The van der Waals surface area contributed by atoms with E-state index in [0.717, 1.165) is 40.1 Å². The van der Waals surface area contributed by atoms with Crippen molar-refractivity contribution in [3.63, 3.8) is 0 Å². The number of esters is 8. The number of rotatable bonds is 43. The molecule has 0 amide bonds. The highest BCUT2D eigenvalue weighted by atomic mass is 32.1. The molecule has 1 heterocycles. The van der Waals surface area contributed by atoms with Crippen LogP contribution in [0.5, 0.6) is 17.2 Å². The van der Waals surface area contributed by atoms with Crippen LogP contribution >= 0.6 is 11.3 Å². The summed E-state index contributed by atoms with van der Waals surface area (Å²) >= 11 is 1.41. The van der Waals surface area contributed by atoms with Gasteiger partial charge in [0.2, 0.25) is 5.13 Å². The van der Waals surface area contributed by atoms with Gasteiger partial charge in [-0.25, -0.2) is 33.8 Å². The first kappa shape index (κ1) is 69.3. The van der Waals surface area contributed by atoms with Crippen LogP contribution in [-0.2, 0) is 77.8 Å². The second-order valence-corrected chi connectivity index (χ2v) is 19.6. The highest BCUT2D eigenvalue weighted by Crippen LogP contribution is 2.26. The Hall–Kier alpha value is -9.52. The van der Waals surface area contributed by atoms with Crippen molar-refractivity contribution >= 4 is 80.7 Å². The zero-order valence-electron chi connectivity index (χ0n) is 48.6. The van der Waals surface area contributed by atoms with Gasteiger partial charge >= 0.3 is 47.8 Å². The van der Waals surface area contributed by atoms with Crippen molar-refractivity contribution in [1.82, 2.24) is 4.98 Å². The van der Waals surface area contributed by atoms with Crippen molar-refractivity contribution in [2.45, 2.75) is 70.0 Å². The molecular weight excluding hydrogens is 1160 g/mol. The summed E-state index contributed by atoms with van der Waals surface area (Å²) < 4.78 is 66.7. The quantitative estimate of drug-likeness (QED) is 0.00724. The summed E-state index contributed by atoms with van der Waals surface area (Å²) in [6.45, 7) is 14.4. The van der Waals surface area contributed by atoms with Crippen LogP contribution in [0.1, 0.15) is 83.2 Å². The molecule has 5 aromatic rings. The van der Waals surface area contributed by atoms with E-state index in [-0.39, 0.29) is 108 Å². The average Bonchev–Trinajstić information content (AvgIpc) is 4.23. The number of unbranched alkanes of at least 4 members (excludes halogenated alkanes) is 2. The van der Waals surface area contributed by atoms with Gasteiger partial charge in [-0.3, -0.25) is 15.0 Å². The van der Waals surface area contributed by atoms with E-state index in [1.807, 2.05) is 24.3 Å². The van der Waals surface area contributed by atoms with Gasteiger partial charge in [0.1, 0.15) is 42.7 Å². The van der Waals surface area contributed by atoms with E-state index < -0.39 is 60.0 Å². The summed E-state index contributed by atoms with van der Waals surface area (Å²) in [7, 11) is 0. The van der Waals surface area contributed by atoms with Crippen molar-refractivity contribution in [2.24, 2.45) is 5.10 Å². The molecule has 0 aliphatic rings. The molecule has 0 spiro atoms. The Bertz CT molecular complexity index is 3110. The molecule has 0 saturated carbocycles. The number of thiazole rings is 1. The van der Waals surface area contributed by atoms with E-state index in [0.29, 0.717) is 61.1 Å². The average molecular weight is 1230 g/mol. The van der Waals surface area contributed by atoms with Gasteiger partial charge in [0.25, 0.3) is 0 Å². The van der Waals surface area contributed by atoms with Crippen LogP contribution in [0, 0.1) is 0 Å².